The van der Waals surface area contributed by atoms with Crippen LogP contribution in [0.15, 0.2) is 24.5 Å². The number of aromatic amines is 1. The summed E-state index contributed by atoms with van der Waals surface area (Å²) in [5.74, 6) is -1.06. The molecule has 1 aromatic carbocycles. The lowest BCUT2D eigenvalue weighted by Crippen LogP contribution is -2.05. The van der Waals surface area contributed by atoms with Crippen LogP contribution < -0.4 is 0 Å². The minimum Gasteiger partial charge on any atom is -0.477 e. The average molecular weight is 288 g/mol. The molecule has 2 N–H and O–H groups in total. The Balaban J connectivity index is 2.28. The Labute approximate surface area is 119 Å². The second-order valence-corrected chi connectivity index (χ2v) is 4.65. The largest absolute Gasteiger partial charge is 0.477 e. The van der Waals surface area contributed by atoms with E-state index in [9.17, 15) is 14.3 Å². The number of aromatic nitrogens is 4. The third-order valence-electron chi connectivity index (χ3n) is 3.22. The molecular formula is C14H13FN4O2. The van der Waals surface area contributed by atoms with Crippen LogP contribution in [0.1, 0.15) is 23.8 Å². The van der Waals surface area contributed by atoms with Gasteiger partial charge in [-0.15, -0.1) is 0 Å². The molecule has 0 spiro atoms. The molecule has 21 heavy (non-hydrogen) atoms. The first-order valence-corrected chi connectivity index (χ1v) is 6.54. The topological polar surface area (TPSA) is 83.8 Å². The fourth-order valence-corrected chi connectivity index (χ4v) is 2.36. The molecule has 2 aromatic heterocycles. The Hall–Kier alpha value is -2.70. The molecule has 0 unspecified atom stereocenters. The van der Waals surface area contributed by atoms with Gasteiger partial charge in [0.2, 0.25) is 0 Å². The third-order valence-corrected chi connectivity index (χ3v) is 3.22. The molecule has 0 atom stereocenters. The summed E-state index contributed by atoms with van der Waals surface area (Å²) in [6.45, 7) is 2.64. The molecule has 3 rings (SSSR count). The lowest BCUT2D eigenvalue weighted by Gasteiger charge is -2.06. The van der Waals surface area contributed by atoms with Crippen molar-refractivity contribution in [1.29, 1.82) is 0 Å². The second-order valence-electron chi connectivity index (χ2n) is 4.65. The first kappa shape index (κ1) is 13.3. The van der Waals surface area contributed by atoms with Gasteiger partial charge in [-0.25, -0.2) is 19.2 Å². The van der Waals surface area contributed by atoms with Crippen LogP contribution >= 0.6 is 0 Å². The van der Waals surface area contributed by atoms with E-state index >= 15 is 0 Å². The van der Waals surface area contributed by atoms with Gasteiger partial charge in [0, 0.05) is 12.6 Å². The molecule has 3 aromatic rings. The Morgan fingerprint density at radius 1 is 1.48 bits per heavy atom. The molecule has 0 fully saturated rings. The molecule has 0 saturated heterocycles. The molecule has 0 bridgehead atoms. The summed E-state index contributed by atoms with van der Waals surface area (Å²) in [5.41, 5.74) is 1.47. The van der Waals surface area contributed by atoms with Crippen LogP contribution in [0, 0.1) is 5.82 Å². The number of imidazole rings is 2. The number of H-pyrrole nitrogens is 1. The third kappa shape index (κ3) is 2.16. The quantitative estimate of drug-likeness (QED) is 0.773. The number of halogens is 1. The van der Waals surface area contributed by atoms with Crippen LogP contribution in [0.3, 0.4) is 0 Å². The van der Waals surface area contributed by atoms with E-state index in [1.807, 2.05) is 11.5 Å². The molecule has 6 nitrogen and oxygen atoms in total. The van der Waals surface area contributed by atoms with Crippen molar-refractivity contribution >= 4 is 17.0 Å². The van der Waals surface area contributed by atoms with Crippen LogP contribution in [-0.4, -0.2) is 30.6 Å². The molecule has 2 heterocycles. The van der Waals surface area contributed by atoms with E-state index in [1.165, 1.54) is 18.5 Å². The number of benzene rings is 1. The summed E-state index contributed by atoms with van der Waals surface area (Å²) in [5, 5.41) is 9.19. The second kappa shape index (κ2) is 5.01. The maximum atomic E-state index is 13.3. The molecule has 0 amide bonds. The van der Waals surface area contributed by atoms with Crippen molar-refractivity contribution < 1.29 is 14.3 Å². The Morgan fingerprint density at radius 2 is 2.29 bits per heavy atom. The number of nitrogens with one attached hydrogen (secondary N) is 1. The summed E-state index contributed by atoms with van der Waals surface area (Å²) in [6, 6.07) is 4.34. The fraction of sp³-hybridized carbons (Fsp3) is 0.214. The fourth-order valence-electron chi connectivity index (χ4n) is 2.36. The van der Waals surface area contributed by atoms with E-state index < -0.39 is 5.97 Å². The van der Waals surface area contributed by atoms with E-state index in [2.05, 4.69) is 15.0 Å². The van der Waals surface area contributed by atoms with Gasteiger partial charge in [0.15, 0.2) is 11.5 Å². The first-order chi connectivity index (χ1) is 10.1. The zero-order chi connectivity index (χ0) is 15.0. The van der Waals surface area contributed by atoms with Crippen LogP contribution in [0.5, 0.6) is 0 Å². The molecule has 0 aliphatic carbocycles. The number of rotatable bonds is 4. The standard InChI is InChI=1S/C14H13FN4O2/c1-2-5-19-10-4-3-8(15)6-9(10)18-13(19)11-12(14(20)21)17-7-16-11/h3-4,6-7H,2,5H2,1H3,(H,16,17)(H,20,21). The number of hydrogen-bond acceptors (Lipinski definition) is 3. The Morgan fingerprint density at radius 3 is 3.00 bits per heavy atom. The van der Waals surface area contributed by atoms with Crippen LogP contribution in [0.2, 0.25) is 0 Å². The van der Waals surface area contributed by atoms with Crippen molar-refractivity contribution in [2.45, 2.75) is 19.9 Å². The van der Waals surface area contributed by atoms with E-state index in [0.29, 0.717) is 17.9 Å². The molecular weight excluding hydrogens is 275 g/mol. The predicted octanol–water partition coefficient (Wildman–Crippen LogP) is 2.67. The summed E-state index contributed by atoms with van der Waals surface area (Å²) < 4.78 is 15.2. The van der Waals surface area contributed by atoms with Crippen molar-refractivity contribution in [3.05, 3.63) is 36.0 Å². The van der Waals surface area contributed by atoms with Crippen molar-refractivity contribution in [3.8, 4) is 11.5 Å². The number of carbonyl (C=O) groups is 1. The monoisotopic (exact) mass is 288 g/mol. The highest BCUT2D eigenvalue weighted by atomic mass is 19.1. The lowest BCUT2D eigenvalue weighted by atomic mass is 10.3. The lowest BCUT2D eigenvalue weighted by molar-refractivity contribution is 0.0692. The highest BCUT2D eigenvalue weighted by Crippen LogP contribution is 2.26. The van der Waals surface area contributed by atoms with Gasteiger partial charge >= 0.3 is 5.97 Å². The molecule has 0 aliphatic heterocycles. The Kier molecular flexibility index (Phi) is 3.17. The van der Waals surface area contributed by atoms with Gasteiger partial charge < -0.3 is 14.7 Å². The molecule has 0 saturated carbocycles. The van der Waals surface area contributed by atoms with Gasteiger partial charge in [-0.3, -0.25) is 0 Å². The minimum absolute atomic E-state index is 0.0249. The van der Waals surface area contributed by atoms with E-state index in [1.54, 1.807) is 6.07 Å². The van der Waals surface area contributed by atoms with Crippen molar-refractivity contribution in [1.82, 2.24) is 19.5 Å². The van der Waals surface area contributed by atoms with Crippen LogP contribution in [0.25, 0.3) is 22.6 Å². The molecule has 7 heteroatoms. The zero-order valence-corrected chi connectivity index (χ0v) is 11.3. The van der Waals surface area contributed by atoms with Gasteiger partial charge in [0.05, 0.1) is 17.4 Å². The maximum absolute atomic E-state index is 13.3. The van der Waals surface area contributed by atoms with E-state index in [4.69, 9.17) is 0 Å². The van der Waals surface area contributed by atoms with Crippen LogP contribution in [0.4, 0.5) is 4.39 Å². The number of aryl methyl sites for hydroxylation is 1. The van der Waals surface area contributed by atoms with Crippen molar-refractivity contribution in [2.75, 3.05) is 0 Å². The van der Waals surface area contributed by atoms with Gasteiger partial charge in [-0.05, 0) is 18.6 Å². The zero-order valence-electron chi connectivity index (χ0n) is 11.3. The van der Waals surface area contributed by atoms with Crippen LogP contribution in [-0.2, 0) is 6.54 Å². The number of carboxylic acids is 1. The summed E-state index contributed by atoms with van der Waals surface area (Å²) in [4.78, 5) is 22.2. The number of nitrogens with zero attached hydrogens (tertiary/aromatic N) is 3. The minimum atomic E-state index is -1.11. The smallest absolute Gasteiger partial charge is 0.354 e. The number of carboxylic acid groups (broad SMARTS) is 1. The van der Waals surface area contributed by atoms with Crippen molar-refractivity contribution in [3.63, 3.8) is 0 Å². The summed E-state index contributed by atoms with van der Waals surface area (Å²) in [6.07, 6.45) is 2.15. The number of aromatic carboxylic acids is 1. The first-order valence-electron chi connectivity index (χ1n) is 6.54. The van der Waals surface area contributed by atoms with Crippen molar-refractivity contribution in [2.24, 2.45) is 0 Å². The highest BCUT2D eigenvalue weighted by Gasteiger charge is 2.21. The van der Waals surface area contributed by atoms with Gasteiger partial charge in [-0.1, -0.05) is 6.92 Å². The van der Waals surface area contributed by atoms with E-state index in [-0.39, 0.29) is 17.2 Å². The van der Waals surface area contributed by atoms with Gasteiger partial charge in [0.25, 0.3) is 0 Å². The van der Waals surface area contributed by atoms with E-state index in [0.717, 1.165) is 11.9 Å². The van der Waals surface area contributed by atoms with Gasteiger partial charge in [-0.2, -0.15) is 0 Å². The molecule has 0 aliphatic rings. The molecule has 108 valence electrons. The SMILES string of the molecule is CCCn1c(-c2nc[nH]c2C(=O)O)nc2cc(F)ccc21. The number of hydrogen-bond donors (Lipinski definition) is 2. The predicted molar refractivity (Wildman–Crippen MR) is 74.5 cm³/mol. The number of fused-ring (bicyclic) bond motifs is 1. The maximum Gasteiger partial charge on any atom is 0.354 e. The summed E-state index contributed by atoms with van der Waals surface area (Å²) >= 11 is 0. The normalized spacial score (nSPS) is 11.1. The highest BCUT2D eigenvalue weighted by molar-refractivity contribution is 5.93. The van der Waals surface area contributed by atoms with Gasteiger partial charge in [0.1, 0.15) is 11.5 Å². The summed E-state index contributed by atoms with van der Waals surface area (Å²) in [7, 11) is 0. The Bertz CT molecular complexity index is 822. The molecule has 0 radical (unpaired) electrons. The average Bonchev–Trinajstić information content (AvgIpc) is 3.03.